The lowest BCUT2D eigenvalue weighted by Gasteiger charge is -2.38. The molecule has 12 nitrogen and oxygen atoms in total. The molecule has 0 saturated carbocycles. The van der Waals surface area contributed by atoms with Crippen LogP contribution in [0.25, 0.3) is 5.69 Å². The smallest absolute Gasteiger partial charge is 0.335 e. The second-order valence-electron chi connectivity index (χ2n) is 10.1. The molecule has 1 aromatic heterocycles. The van der Waals surface area contributed by atoms with Gasteiger partial charge in [0.2, 0.25) is 0 Å². The van der Waals surface area contributed by atoms with Gasteiger partial charge in [0.1, 0.15) is 18.3 Å². The zero-order valence-electron chi connectivity index (χ0n) is 22.9. The van der Waals surface area contributed by atoms with Gasteiger partial charge in [-0.1, -0.05) is 35.0 Å². The van der Waals surface area contributed by atoms with Crippen molar-refractivity contribution in [3.05, 3.63) is 100 Å². The molecule has 3 heterocycles. The summed E-state index contributed by atoms with van der Waals surface area (Å²) in [4.78, 5) is 54.8. The first kappa shape index (κ1) is 29.0. The number of carbonyl (C=O) groups is 4. The number of morpholine rings is 1. The van der Waals surface area contributed by atoms with Gasteiger partial charge in [0.25, 0.3) is 17.7 Å². The number of hydrogen-bond donors (Lipinski definition) is 2. The maximum atomic E-state index is 14.6. The first-order valence-corrected chi connectivity index (χ1v) is 13.9. The summed E-state index contributed by atoms with van der Waals surface area (Å²) in [6.45, 7) is 0.732. The summed E-state index contributed by atoms with van der Waals surface area (Å²) in [6, 6.07) is 14.0. The van der Waals surface area contributed by atoms with Gasteiger partial charge in [-0.05, 0) is 60.0 Å². The lowest BCUT2D eigenvalue weighted by molar-refractivity contribution is -0.125. The molecular formula is C30H24ClFN6O6. The standard InChI is InChI=1S/C30H24ClFN6O6/c31-21-4-2-6-24(26(21)32)38-15-22(34-35-38)29(41)37-12-11-19-20(3-1-5-23(19)36-13-14-44-16-25(36)39)27(37)28(40)33-18-9-7-17(8-10-18)30(42)43/h1-10,15,27H,11-14,16H2,(H,33,40)(H,42,43). The molecular weight excluding hydrogens is 595 g/mol. The number of aromatic nitrogens is 3. The Hall–Kier alpha value is -5.14. The minimum atomic E-state index is -1.16. The van der Waals surface area contributed by atoms with E-state index >= 15 is 0 Å². The Labute approximate surface area is 254 Å². The van der Waals surface area contributed by atoms with Crippen molar-refractivity contribution < 1.29 is 33.4 Å². The van der Waals surface area contributed by atoms with Crippen molar-refractivity contribution >= 4 is 46.7 Å². The molecule has 2 aliphatic rings. The maximum absolute atomic E-state index is 14.6. The van der Waals surface area contributed by atoms with Crippen molar-refractivity contribution in [1.82, 2.24) is 19.9 Å². The van der Waals surface area contributed by atoms with E-state index in [-0.39, 0.29) is 41.0 Å². The molecule has 3 aromatic carbocycles. The molecule has 0 aliphatic carbocycles. The number of fused-ring (bicyclic) bond motifs is 1. The van der Waals surface area contributed by atoms with E-state index in [4.69, 9.17) is 16.3 Å². The van der Waals surface area contributed by atoms with E-state index in [9.17, 15) is 28.7 Å². The molecule has 6 rings (SSSR count). The molecule has 2 N–H and O–H groups in total. The quantitative estimate of drug-likeness (QED) is 0.334. The molecule has 1 saturated heterocycles. The zero-order chi connectivity index (χ0) is 31.0. The summed E-state index contributed by atoms with van der Waals surface area (Å²) >= 11 is 5.91. The van der Waals surface area contributed by atoms with Crippen molar-refractivity contribution in [2.75, 3.05) is 36.5 Å². The number of carboxylic acid groups (broad SMARTS) is 1. The number of amides is 3. The number of ether oxygens (including phenoxy) is 1. The van der Waals surface area contributed by atoms with Crippen molar-refractivity contribution in [2.24, 2.45) is 0 Å². The van der Waals surface area contributed by atoms with Crippen LogP contribution in [0, 0.1) is 5.82 Å². The summed E-state index contributed by atoms with van der Waals surface area (Å²) in [5.74, 6) is -3.26. The Morgan fingerprint density at radius 3 is 2.52 bits per heavy atom. The minimum absolute atomic E-state index is 0.00744. The van der Waals surface area contributed by atoms with E-state index in [1.807, 2.05) is 0 Å². The number of rotatable bonds is 6. The SMILES string of the molecule is O=C(O)c1ccc(NC(=O)C2c3cccc(N4CCOCC4=O)c3CCN2C(=O)c2cn(-c3cccc(Cl)c3F)nn2)cc1. The highest BCUT2D eigenvalue weighted by Gasteiger charge is 2.39. The molecule has 1 fully saturated rings. The lowest BCUT2D eigenvalue weighted by Crippen LogP contribution is -2.47. The van der Waals surface area contributed by atoms with E-state index in [0.717, 1.165) is 10.2 Å². The van der Waals surface area contributed by atoms with Crippen molar-refractivity contribution in [2.45, 2.75) is 12.5 Å². The lowest BCUT2D eigenvalue weighted by atomic mass is 9.89. The van der Waals surface area contributed by atoms with Gasteiger partial charge in [0.15, 0.2) is 11.5 Å². The second kappa shape index (κ2) is 11.9. The van der Waals surface area contributed by atoms with Crippen molar-refractivity contribution in [3.63, 3.8) is 0 Å². The summed E-state index contributed by atoms with van der Waals surface area (Å²) in [7, 11) is 0. The van der Waals surface area contributed by atoms with Crippen LogP contribution >= 0.6 is 11.6 Å². The average molecular weight is 619 g/mol. The van der Waals surface area contributed by atoms with Gasteiger partial charge in [-0.3, -0.25) is 14.4 Å². The van der Waals surface area contributed by atoms with Crippen LogP contribution in [0.3, 0.4) is 0 Å². The van der Waals surface area contributed by atoms with Gasteiger partial charge in [-0.2, -0.15) is 0 Å². The van der Waals surface area contributed by atoms with Gasteiger partial charge < -0.3 is 25.0 Å². The predicted molar refractivity (Wildman–Crippen MR) is 155 cm³/mol. The monoisotopic (exact) mass is 618 g/mol. The fourth-order valence-electron chi connectivity index (χ4n) is 5.38. The third-order valence-corrected chi connectivity index (χ3v) is 7.76. The summed E-state index contributed by atoms with van der Waals surface area (Å²) < 4.78 is 21.0. The Balaban J connectivity index is 1.37. The van der Waals surface area contributed by atoms with Crippen LogP contribution in [-0.4, -0.2) is 75.0 Å². The van der Waals surface area contributed by atoms with E-state index in [1.54, 1.807) is 23.1 Å². The van der Waals surface area contributed by atoms with Gasteiger partial charge in [0, 0.05) is 24.5 Å². The van der Waals surface area contributed by atoms with Gasteiger partial charge in [-0.15, -0.1) is 5.10 Å². The van der Waals surface area contributed by atoms with Crippen LogP contribution < -0.4 is 10.2 Å². The summed E-state index contributed by atoms with van der Waals surface area (Å²) in [5, 5.41) is 19.7. The predicted octanol–water partition coefficient (Wildman–Crippen LogP) is 3.50. The molecule has 224 valence electrons. The van der Waals surface area contributed by atoms with Crippen LogP contribution in [0.4, 0.5) is 15.8 Å². The highest BCUT2D eigenvalue weighted by Crippen LogP contribution is 2.37. The van der Waals surface area contributed by atoms with Crippen LogP contribution in [0.2, 0.25) is 5.02 Å². The number of halogens is 2. The molecule has 0 radical (unpaired) electrons. The number of anilines is 2. The molecule has 0 spiro atoms. The van der Waals surface area contributed by atoms with Crippen LogP contribution in [0.5, 0.6) is 0 Å². The Bertz CT molecular complexity index is 1800. The topological polar surface area (TPSA) is 147 Å². The molecule has 4 aromatic rings. The third kappa shape index (κ3) is 5.38. The van der Waals surface area contributed by atoms with Gasteiger partial charge >= 0.3 is 5.97 Å². The maximum Gasteiger partial charge on any atom is 0.335 e. The molecule has 1 unspecified atom stereocenters. The molecule has 44 heavy (non-hydrogen) atoms. The highest BCUT2D eigenvalue weighted by atomic mass is 35.5. The van der Waals surface area contributed by atoms with E-state index in [1.165, 1.54) is 53.6 Å². The average Bonchev–Trinajstić information content (AvgIpc) is 3.52. The number of benzene rings is 3. The third-order valence-electron chi connectivity index (χ3n) is 7.47. The Morgan fingerprint density at radius 2 is 1.77 bits per heavy atom. The number of hydrogen-bond acceptors (Lipinski definition) is 7. The van der Waals surface area contributed by atoms with Crippen LogP contribution in [0.1, 0.15) is 38.0 Å². The van der Waals surface area contributed by atoms with Crippen molar-refractivity contribution in [1.29, 1.82) is 0 Å². The normalized spacial score (nSPS) is 16.4. The number of aromatic carboxylic acids is 1. The minimum Gasteiger partial charge on any atom is -0.478 e. The Morgan fingerprint density at radius 1 is 1.02 bits per heavy atom. The fraction of sp³-hybridized carbons (Fsp3) is 0.200. The first-order valence-electron chi connectivity index (χ1n) is 13.5. The number of carboxylic acids is 1. The summed E-state index contributed by atoms with van der Waals surface area (Å²) in [5.41, 5.74) is 2.10. The fourth-order valence-corrected chi connectivity index (χ4v) is 5.55. The van der Waals surface area contributed by atoms with E-state index < -0.39 is 29.6 Å². The molecule has 2 aliphatic heterocycles. The molecule has 14 heteroatoms. The number of nitrogens with one attached hydrogen (secondary N) is 1. The number of nitrogens with zero attached hydrogens (tertiary/aromatic N) is 5. The van der Waals surface area contributed by atoms with Crippen molar-refractivity contribution in [3.8, 4) is 5.69 Å². The van der Waals surface area contributed by atoms with Gasteiger partial charge in [-0.25, -0.2) is 13.9 Å². The zero-order valence-corrected chi connectivity index (χ0v) is 23.7. The second-order valence-corrected chi connectivity index (χ2v) is 10.5. The largest absolute Gasteiger partial charge is 0.478 e. The first-order chi connectivity index (χ1) is 21.2. The Kier molecular flexibility index (Phi) is 7.80. The molecule has 1 atom stereocenters. The van der Waals surface area contributed by atoms with Gasteiger partial charge in [0.05, 0.1) is 23.4 Å². The number of carbonyl (C=O) groups excluding carboxylic acids is 3. The molecule has 3 amide bonds. The van der Waals surface area contributed by atoms with E-state index in [2.05, 4.69) is 15.6 Å². The highest BCUT2D eigenvalue weighted by molar-refractivity contribution is 6.30. The van der Waals surface area contributed by atoms with E-state index in [0.29, 0.717) is 36.5 Å². The van der Waals surface area contributed by atoms with Crippen LogP contribution in [-0.2, 0) is 20.7 Å². The summed E-state index contributed by atoms with van der Waals surface area (Å²) in [6.07, 6.45) is 1.59. The van der Waals surface area contributed by atoms with Crippen LogP contribution in [0.15, 0.2) is 66.9 Å². The molecule has 0 bridgehead atoms.